The monoisotopic (exact) mass is 430 g/mol. The van der Waals surface area contributed by atoms with Crippen molar-refractivity contribution < 1.29 is 4.79 Å². The Morgan fingerprint density at radius 3 is 2.75 bits per heavy atom. The fourth-order valence-corrected chi connectivity index (χ4v) is 4.15. The van der Waals surface area contributed by atoms with E-state index in [1.165, 1.54) is 25.7 Å². The molecule has 1 saturated carbocycles. The molecule has 1 fully saturated rings. The zero-order valence-electron chi connectivity index (χ0n) is 18.0. The summed E-state index contributed by atoms with van der Waals surface area (Å²) in [4.78, 5) is 22.0. The average molecular weight is 431 g/mol. The first-order valence-electron chi connectivity index (χ1n) is 11.0. The minimum absolute atomic E-state index is 0.259. The highest BCUT2D eigenvalue weighted by molar-refractivity contribution is 6.08. The van der Waals surface area contributed by atoms with E-state index >= 15 is 0 Å². The highest BCUT2D eigenvalue weighted by atomic mass is 16.1. The van der Waals surface area contributed by atoms with Gasteiger partial charge in [-0.05, 0) is 31.0 Å². The molecule has 4 aromatic rings. The van der Waals surface area contributed by atoms with Crippen LogP contribution in [0.25, 0.3) is 17.0 Å². The number of anilines is 2. The third-order valence-electron chi connectivity index (χ3n) is 5.80. The third-order valence-corrected chi connectivity index (χ3v) is 5.80. The van der Waals surface area contributed by atoms with E-state index in [9.17, 15) is 4.79 Å². The van der Waals surface area contributed by atoms with Crippen molar-refractivity contribution in [1.29, 1.82) is 0 Å². The Hall–Kier alpha value is -3.75. The van der Waals surface area contributed by atoms with Crippen molar-refractivity contribution in [3.63, 3.8) is 0 Å². The summed E-state index contributed by atoms with van der Waals surface area (Å²) < 4.78 is 3.27. The average Bonchev–Trinajstić information content (AvgIpc) is 3.33. The first-order chi connectivity index (χ1) is 15.7. The van der Waals surface area contributed by atoms with Crippen molar-refractivity contribution in [3.05, 3.63) is 54.6 Å². The number of hydrogen-bond acceptors (Lipinski definition) is 6. The molecule has 0 spiro atoms. The highest BCUT2D eigenvalue weighted by Crippen LogP contribution is 2.22. The van der Waals surface area contributed by atoms with Crippen LogP contribution in [-0.4, -0.2) is 41.3 Å². The van der Waals surface area contributed by atoms with E-state index in [0.717, 1.165) is 24.2 Å². The molecular formula is C23H26N8O. The summed E-state index contributed by atoms with van der Waals surface area (Å²) in [5.74, 6) is 1.13. The lowest BCUT2D eigenvalue weighted by molar-refractivity contribution is 0.102. The highest BCUT2D eigenvalue weighted by Gasteiger charge is 2.17. The number of carbonyl (C=O) groups is 1. The molecule has 9 nitrogen and oxygen atoms in total. The van der Waals surface area contributed by atoms with Crippen molar-refractivity contribution >= 4 is 23.1 Å². The number of nitrogens with zero attached hydrogens (tertiary/aromatic N) is 6. The molecule has 5 rings (SSSR count). The lowest BCUT2D eigenvalue weighted by Gasteiger charge is -2.16. The molecule has 0 bridgehead atoms. The van der Waals surface area contributed by atoms with E-state index < -0.39 is 0 Å². The molecule has 0 atom stereocenters. The molecule has 3 aromatic heterocycles. The van der Waals surface area contributed by atoms with Crippen LogP contribution in [0.15, 0.2) is 49.1 Å². The van der Waals surface area contributed by atoms with Gasteiger partial charge in [0, 0.05) is 30.5 Å². The van der Waals surface area contributed by atoms with Crippen LogP contribution in [-0.2, 0) is 7.05 Å². The van der Waals surface area contributed by atoms with Gasteiger partial charge in [-0.3, -0.25) is 9.48 Å². The minimum Gasteiger partial charge on any atom is -0.367 e. The van der Waals surface area contributed by atoms with Crippen LogP contribution in [0.4, 0.5) is 11.5 Å². The maximum Gasteiger partial charge on any atom is 0.261 e. The van der Waals surface area contributed by atoms with Gasteiger partial charge in [0.2, 0.25) is 0 Å². The van der Waals surface area contributed by atoms with Gasteiger partial charge in [-0.15, -0.1) is 0 Å². The second-order valence-electron chi connectivity index (χ2n) is 8.25. The normalized spacial score (nSPS) is 14.9. The van der Waals surface area contributed by atoms with Crippen LogP contribution < -0.4 is 10.6 Å². The van der Waals surface area contributed by atoms with Crippen LogP contribution in [0.1, 0.15) is 48.9 Å². The van der Waals surface area contributed by atoms with Crippen molar-refractivity contribution in [2.45, 2.75) is 44.6 Å². The Labute approximate surface area is 185 Å². The number of carbonyl (C=O) groups excluding carboxylic acids is 1. The van der Waals surface area contributed by atoms with Crippen molar-refractivity contribution in [2.75, 3.05) is 10.6 Å². The van der Waals surface area contributed by atoms with E-state index in [1.807, 2.05) is 43.6 Å². The maximum absolute atomic E-state index is 13.0. The largest absolute Gasteiger partial charge is 0.367 e. The maximum atomic E-state index is 13.0. The first-order valence-corrected chi connectivity index (χ1v) is 11.0. The third kappa shape index (κ3) is 4.32. The van der Waals surface area contributed by atoms with E-state index in [-0.39, 0.29) is 5.91 Å². The van der Waals surface area contributed by atoms with Crippen LogP contribution in [0.5, 0.6) is 0 Å². The summed E-state index contributed by atoms with van der Waals surface area (Å²) in [5.41, 5.74) is 2.45. The lowest BCUT2D eigenvalue weighted by atomic mass is 10.1. The van der Waals surface area contributed by atoms with Crippen LogP contribution >= 0.6 is 0 Å². The molecule has 0 aliphatic heterocycles. The molecule has 1 aliphatic rings. The summed E-state index contributed by atoms with van der Waals surface area (Å²) in [6.45, 7) is 0. The Balaban J connectivity index is 1.35. The Bertz CT molecular complexity index is 1240. The topological polar surface area (TPSA) is 102 Å². The number of rotatable bonds is 5. The van der Waals surface area contributed by atoms with Gasteiger partial charge < -0.3 is 10.6 Å². The van der Waals surface area contributed by atoms with Crippen molar-refractivity contribution in [1.82, 2.24) is 29.4 Å². The van der Waals surface area contributed by atoms with Crippen LogP contribution in [0, 0.1) is 0 Å². The van der Waals surface area contributed by atoms with Gasteiger partial charge in [0.1, 0.15) is 17.7 Å². The molecule has 0 radical (unpaired) electrons. The second kappa shape index (κ2) is 8.78. The van der Waals surface area contributed by atoms with Gasteiger partial charge in [-0.25, -0.2) is 14.5 Å². The van der Waals surface area contributed by atoms with Gasteiger partial charge in [0.25, 0.3) is 5.91 Å². The number of fused-ring (bicyclic) bond motifs is 1. The molecular weight excluding hydrogens is 404 g/mol. The molecule has 1 amide bonds. The molecule has 9 heteroatoms. The molecule has 1 aromatic carbocycles. The Kier molecular flexibility index (Phi) is 5.53. The number of nitrogens with one attached hydrogen (secondary N) is 2. The second-order valence-corrected chi connectivity index (χ2v) is 8.25. The number of benzene rings is 1. The quantitative estimate of drug-likeness (QED) is 0.466. The predicted octanol–water partition coefficient (Wildman–Crippen LogP) is 3.91. The van der Waals surface area contributed by atoms with Gasteiger partial charge in [0.05, 0.1) is 6.20 Å². The number of amides is 1. The number of aromatic nitrogens is 6. The zero-order valence-corrected chi connectivity index (χ0v) is 18.0. The summed E-state index contributed by atoms with van der Waals surface area (Å²) in [6.07, 6.45) is 12.4. The minimum atomic E-state index is -0.259. The van der Waals surface area contributed by atoms with E-state index in [4.69, 9.17) is 4.98 Å². The van der Waals surface area contributed by atoms with Crippen LogP contribution in [0.2, 0.25) is 0 Å². The van der Waals surface area contributed by atoms with Gasteiger partial charge >= 0.3 is 0 Å². The Morgan fingerprint density at radius 2 is 1.97 bits per heavy atom. The number of aryl methyl sites for hydroxylation is 1. The fraction of sp³-hybridized carbons (Fsp3) is 0.348. The van der Waals surface area contributed by atoms with Gasteiger partial charge in [-0.2, -0.15) is 10.2 Å². The van der Waals surface area contributed by atoms with Crippen molar-refractivity contribution in [2.24, 2.45) is 7.05 Å². The number of hydrogen-bond donors (Lipinski definition) is 2. The molecule has 3 heterocycles. The van der Waals surface area contributed by atoms with Crippen LogP contribution in [0.3, 0.4) is 0 Å². The summed E-state index contributed by atoms with van der Waals surface area (Å²) >= 11 is 0. The summed E-state index contributed by atoms with van der Waals surface area (Å²) in [6, 6.07) is 9.80. The smallest absolute Gasteiger partial charge is 0.261 e. The zero-order chi connectivity index (χ0) is 21.9. The van der Waals surface area contributed by atoms with Gasteiger partial charge in [0.15, 0.2) is 11.5 Å². The van der Waals surface area contributed by atoms with E-state index in [2.05, 4.69) is 25.8 Å². The molecule has 1 aliphatic carbocycles. The standard InChI is InChI=1S/C23H26N8O/c1-30-15-24-21(29-30)16-7-6-10-18(13-16)27-23(32)19-14-25-31-12-11-20(28-22(19)31)26-17-8-4-2-3-5-9-17/h6-7,10-15,17H,2-5,8-9H2,1H3,(H,26,28)(H,27,32). The summed E-state index contributed by atoms with van der Waals surface area (Å²) in [5, 5.41) is 15.1. The van der Waals surface area contributed by atoms with E-state index in [0.29, 0.717) is 28.8 Å². The summed E-state index contributed by atoms with van der Waals surface area (Å²) in [7, 11) is 1.82. The fourth-order valence-electron chi connectivity index (χ4n) is 4.15. The lowest BCUT2D eigenvalue weighted by Crippen LogP contribution is -2.19. The molecule has 164 valence electrons. The SMILES string of the molecule is Cn1cnc(-c2cccc(NC(=O)c3cnn4ccc(NC5CCCCCC5)nc34)c2)n1. The molecule has 0 saturated heterocycles. The molecule has 32 heavy (non-hydrogen) atoms. The van der Waals surface area contributed by atoms with E-state index in [1.54, 1.807) is 21.7 Å². The Morgan fingerprint density at radius 1 is 1.12 bits per heavy atom. The molecule has 2 N–H and O–H groups in total. The predicted molar refractivity (Wildman–Crippen MR) is 122 cm³/mol. The van der Waals surface area contributed by atoms with Crippen molar-refractivity contribution in [3.8, 4) is 11.4 Å². The van der Waals surface area contributed by atoms with Gasteiger partial charge in [-0.1, -0.05) is 37.8 Å². The first kappa shape index (κ1) is 20.2. The molecule has 0 unspecified atom stereocenters.